The van der Waals surface area contributed by atoms with Crippen molar-refractivity contribution in [1.29, 1.82) is 0 Å². The van der Waals surface area contributed by atoms with Gasteiger partial charge in [0.1, 0.15) is 12.4 Å². The van der Waals surface area contributed by atoms with Crippen molar-refractivity contribution in [2.75, 3.05) is 0 Å². The van der Waals surface area contributed by atoms with E-state index in [9.17, 15) is 0 Å². The SMILES string of the molecule is C[Si](C)(C)c1ccc(COCc2ccco2)cc1. The molecule has 0 fully saturated rings. The molecular weight excluding hydrogens is 240 g/mol. The Kier molecular flexibility index (Phi) is 4.04. The van der Waals surface area contributed by atoms with E-state index in [-0.39, 0.29) is 0 Å². The number of hydrogen-bond donors (Lipinski definition) is 0. The summed E-state index contributed by atoms with van der Waals surface area (Å²) in [5.41, 5.74) is 1.21. The van der Waals surface area contributed by atoms with Crippen molar-refractivity contribution in [2.45, 2.75) is 32.9 Å². The van der Waals surface area contributed by atoms with Crippen LogP contribution in [-0.2, 0) is 18.0 Å². The summed E-state index contributed by atoms with van der Waals surface area (Å²) in [5.74, 6) is 0.869. The lowest BCUT2D eigenvalue weighted by Crippen LogP contribution is -2.37. The first-order valence-electron chi connectivity index (χ1n) is 6.25. The lowest BCUT2D eigenvalue weighted by atomic mass is 10.2. The van der Waals surface area contributed by atoms with Gasteiger partial charge in [0, 0.05) is 0 Å². The average Bonchev–Trinajstić information content (AvgIpc) is 2.82. The Morgan fingerprint density at radius 3 is 2.28 bits per heavy atom. The molecule has 0 atom stereocenters. The molecule has 0 aliphatic rings. The quantitative estimate of drug-likeness (QED) is 0.767. The van der Waals surface area contributed by atoms with Crippen molar-refractivity contribution in [3.63, 3.8) is 0 Å². The van der Waals surface area contributed by atoms with E-state index in [4.69, 9.17) is 9.15 Å². The molecule has 0 amide bonds. The summed E-state index contributed by atoms with van der Waals surface area (Å²) in [6, 6.07) is 12.6. The molecule has 1 aromatic heterocycles. The van der Waals surface area contributed by atoms with Crippen molar-refractivity contribution in [1.82, 2.24) is 0 Å². The molecule has 18 heavy (non-hydrogen) atoms. The van der Waals surface area contributed by atoms with Crippen molar-refractivity contribution < 1.29 is 9.15 Å². The smallest absolute Gasteiger partial charge is 0.129 e. The Morgan fingerprint density at radius 1 is 1.00 bits per heavy atom. The van der Waals surface area contributed by atoms with Crippen LogP contribution in [0.5, 0.6) is 0 Å². The predicted molar refractivity (Wildman–Crippen MR) is 76.6 cm³/mol. The van der Waals surface area contributed by atoms with Crippen LogP contribution in [0.4, 0.5) is 0 Å². The Morgan fingerprint density at radius 2 is 1.72 bits per heavy atom. The van der Waals surface area contributed by atoms with Crippen LogP contribution < -0.4 is 5.19 Å². The minimum atomic E-state index is -1.19. The molecule has 2 rings (SSSR count). The van der Waals surface area contributed by atoms with Gasteiger partial charge in [-0.05, 0) is 17.7 Å². The fraction of sp³-hybridized carbons (Fsp3) is 0.333. The van der Waals surface area contributed by atoms with E-state index in [1.807, 2.05) is 12.1 Å². The Hall–Kier alpha value is -1.32. The molecule has 1 heterocycles. The van der Waals surface area contributed by atoms with Crippen LogP contribution in [0.15, 0.2) is 47.1 Å². The minimum Gasteiger partial charge on any atom is -0.467 e. The van der Waals surface area contributed by atoms with Crippen molar-refractivity contribution in [2.24, 2.45) is 0 Å². The van der Waals surface area contributed by atoms with Crippen LogP contribution >= 0.6 is 0 Å². The number of hydrogen-bond acceptors (Lipinski definition) is 2. The molecule has 0 saturated heterocycles. The van der Waals surface area contributed by atoms with Crippen LogP contribution in [-0.4, -0.2) is 8.07 Å². The van der Waals surface area contributed by atoms with E-state index in [1.165, 1.54) is 10.8 Å². The van der Waals surface area contributed by atoms with Gasteiger partial charge in [-0.2, -0.15) is 0 Å². The third-order valence-electron chi connectivity index (χ3n) is 2.91. The minimum absolute atomic E-state index is 0.531. The van der Waals surface area contributed by atoms with Crippen molar-refractivity contribution in [3.05, 3.63) is 54.0 Å². The average molecular weight is 260 g/mol. The standard InChI is InChI=1S/C15H20O2Si/c1-18(2,3)15-8-6-13(7-9-15)11-16-12-14-5-4-10-17-14/h4-10H,11-12H2,1-3H3. The first kappa shape index (κ1) is 13.1. The zero-order valence-corrected chi connectivity index (χ0v) is 12.3. The maximum atomic E-state index is 5.61. The highest BCUT2D eigenvalue weighted by atomic mass is 28.3. The van der Waals surface area contributed by atoms with Crippen LogP contribution in [0.2, 0.25) is 19.6 Å². The summed E-state index contributed by atoms with van der Waals surface area (Å²) in [6.45, 7) is 8.23. The molecule has 0 aliphatic heterocycles. The van der Waals surface area contributed by atoms with E-state index in [2.05, 4.69) is 43.9 Å². The number of rotatable bonds is 5. The van der Waals surface area contributed by atoms with Crippen LogP contribution in [0.3, 0.4) is 0 Å². The highest BCUT2D eigenvalue weighted by molar-refractivity contribution is 6.88. The van der Waals surface area contributed by atoms with Gasteiger partial charge < -0.3 is 9.15 Å². The van der Waals surface area contributed by atoms with Gasteiger partial charge in [0.2, 0.25) is 0 Å². The molecule has 0 aliphatic carbocycles. The van der Waals surface area contributed by atoms with Crippen LogP contribution in [0.1, 0.15) is 11.3 Å². The Labute approximate surface area is 110 Å². The summed E-state index contributed by atoms with van der Waals surface area (Å²) < 4.78 is 10.8. The Balaban J connectivity index is 1.87. The third kappa shape index (κ3) is 3.58. The first-order chi connectivity index (χ1) is 8.55. The van der Waals surface area contributed by atoms with Crippen molar-refractivity contribution in [3.8, 4) is 0 Å². The zero-order chi connectivity index (χ0) is 13.0. The molecular formula is C15H20O2Si. The molecule has 96 valence electrons. The highest BCUT2D eigenvalue weighted by Gasteiger charge is 2.15. The largest absolute Gasteiger partial charge is 0.467 e. The van der Waals surface area contributed by atoms with E-state index < -0.39 is 8.07 Å². The summed E-state index contributed by atoms with van der Waals surface area (Å²) in [5, 5.41) is 1.48. The summed E-state index contributed by atoms with van der Waals surface area (Å²) >= 11 is 0. The monoisotopic (exact) mass is 260 g/mol. The first-order valence-corrected chi connectivity index (χ1v) is 9.75. The van der Waals surface area contributed by atoms with Crippen LogP contribution in [0.25, 0.3) is 0 Å². The van der Waals surface area contributed by atoms with Gasteiger partial charge in [-0.1, -0.05) is 49.1 Å². The van der Waals surface area contributed by atoms with E-state index >= 15 is 0 Å². The van der Waals surface area contributed by atoms with Crippen molar-refractivity contribution >= 4 is 13.3 Å². The highest BCUT2D eigenvalue weighted by Crippen LogP contribution is 2.08. The van der Waals surface area contributed by atoms with E-state index in [0.717, 1.165) is 5.76 Å². The molecule has 0 unspecified atom stereocenters. The molecule has 0 spiro atoms. The second-order valence-electron chi connectivity index (χ2n) is 5.52. The molecule has 2 aromatic rings. The molecule has 0 N–H and O–H groups in total. The van der Waals surface area contributed by atoms with Gasteiger partial charge in [-0.3, -0.25) is 0 Å². The lowest BCUT2D eigenvalue weighted by molar-refractivity contribution is 0.0929. The van der Waals surface area contributed by atoms with Gasteiger partial charge in [-0.25, -0.2) is 0 Å². The molecule has 0 radical (unpaired) electrons. The number of ether oxygens (including phenoxy) is 1. The van der Waals surface area contributed by atoms with E-state index in [1.54, 1.807) is 6.26 Å². The molecule has 1 aromatic carbocycles. The topological polar surface area (TPSA) is 22.4 Å². The number of furan rings is 1. The third-order valence-corrected chi connectivity index (χ3v) is 4.98. The van der Waals surface area contributed by atoms with Crippen LogP contribution in [0, 0.1) is 0 Å². The second-order valence-corrected chi connectivity index (χ2v) is 10.6. The summed E-state index contributed by atoms with van der Waals surface area (Å²) in [7, 11) is -1.19. The van der Waals surface area contributed by atoms with E-state index in [0.29, 0.717) is 13.2 Å². The van der Waals surface area contributed by atoms with Gasteiger partial charge in [0.15, 0.2) is 0 Å². The number of benzene rings is 1. The maximum absolute atomic E-state index is 5.61. The van der Waals surface area contributed by atoms with Gasteiger partial charge in [-0.15, -0.1) is 0 Å². The molecule has 2 nitrogen and oxygen atoms in total. The van der Waals surface area contributed by atoms with Gasteiger partial charge >= 0.3 is 0 Å². The fourth-order valence-corrected chi connectivity index (χ4v) is 2.93. The normalized spacial score (nSPS) is 11.7. The molecule has 3 heteroatoms. The molecule has 0 saturated carbocycles. The zero-order valence-electron chi connectivity index (χ0n) is 11.3. The van der Waals surface area contributed by atoms with Gasteiger partial charge in [0.05, 0.1) is 20.9 Å². The Bertz CT molecular complexity index is 466. The summed E-state index contributed by atoms with van der Waals surface area (Å²) in [4.78, 5) is 0. The molecule has 0 bridgehead atoms. The maximum Gasteiger partial charge on any atom is 0.129 e. The fourth-order valence-electron chi connectivity index (χ4n) is 1.77. The van der Waals surface area contributed by atoms with Gasteiger partial charge in [0.25, 0.3) is 0 Å². The second kappa shape index (κ2) is 5.55. The lowest BCUT2D eigenvalue weighted by Gasteiger charge is -2.16. The summed E-state index contributed by atoms with van der Waals surface area (Å²) in [6.07, 6.45) is 1.67. The predicted octanol–water partition coefficient (Wildman–Crippen LogP) is 3.54.